The number of carbonyl (C=O) groups is 1. The van der Waals surface area contributed by atoms with Gasteiger partial charge in [0.1, 0.15) is 5.75 Å². The maximum absolute atomic E-state index is 11.0. The lowest BCUT2D eigenvalue weighted by atomic mass is 10.2. The van der Waals surface area contributed by atoms with E-state index >= 15 is 0 Å². The molecule has 1 atom stereocenters. The van der Waals surface area contributed by atoms with Gasteiger partial charge in [0.25, 0.3) is 0 Å². The predicted molar refractivity (Wildman–Crippen MR) is 90.6 cm³/mol. The van der Waals surface area contributed by atoms with Crippen LogP contribution in [0.5, 0.6) is 5.75 Å². The van der Waals surface area contributed by atoms with Gasteiger partial charge in [0.15, 0.2) is 5.69 Å². The third-order valence-electron chi connectivity index (χ3n) is 4.37. The molecule has 0 radical (unpaired) electrons. The zero-order chi connectivity index (χ0) is 17.1. The Kier molecular flexibility index (Phi) is 4.71. The number of aromatic nitrogens is 2. The number of methoxy groups -OCH3 is 1. The molecule has 0 amide bonds. The van der Waals surface area contributed by atoms with Crippen molar-refractivity contribution in [2.45, 2.75) is 19.0 Å². The summed E-state index contributed by atoms with van der Waals surface area (Å²) in [5.74, 6) is -0.137. The summed E-state index contributed by atoms with van der Waals surface area (Å²) in [7, 11) is 3.44. The summed E-state index contributed by atoms with van der Waals surface area (Å²) in [6.45, 7) is 2.50. The number of nitrogens with zero attached hydrogens (tertiary/aromatic N) is 3. The first-order valence-electron chi connectivity index (χ1n) is 7.95. The van der Waals surface area contributed by atoms with E-state index in [1.165, 1.54) is 0 Å². The van der Waals surface area contributed by atoms with E-state index in [2.05, 4.69) is 21.4 Å². The number of carboxylic acid groups (broad SMARTS) is 1. The first kappa shape index (κ1) is 16.3. The molecular formula is C17H22N4O3. The highest BCUT2D eigenvalue weighted by Crippen LogP contribution is 2.24. The minimum absolute atomic E-state index is 0.0822. The fourth-order valence-corrected chi connectivity index (χ4v) is 2.99. The van der Waals surface area contributed by atoms with Gasteiger partial charge in [-0.25, -0.2) is 4.79 Å². The van der Waals surface area contributed by atoms with Crippen molar-refractivity contribution in [2.75, 3.05) is 25.1 Å². The quantitative estimate of drug-likeness (QED) is 0.835. The summed E-state index contributed by atoms with van der Waals surface area (Å²) in [4.78, 5) is 13.3. The van der Waals surface area contributed by atoms with Crippen molar-refractivity contribution in [1.29, 1.82) is 0 Å². The Bertz CT molecular complexity index is 728. The molecule has 0 aliphatic carbocycles. The van der Waals surface area contributed by atoms with Gasteiger partial charge in [0, 0.05) is 44.5 Å². The fraction of sp³-hybridized carbons (Fsp3) is 0.412. The Morgan fingerprint density at radius 1 is 1.46 bits per heavy atom. The van der Waals surface area contributed by atoms with Crippen LogP contribution in [0.4, 0.5) is 5.69 Å². The summed E-state index contributed by atoms with van der Waals surface area (Å²) in [5, 5.41) is 16.5. The molecule has 3 rings (SSSR count). The fourth-order valence-electron chi connectivity index (χ4n) is 2.99. The van der Waals surface area contributed by atoms with Crippen molar-refractivity contribution >= 4 is 11.7 Å². The molecule has 2 aromatic rings. The summed E-state index contributed by atoms with van der Waals surface area (Å²) >= 11 is 0. The summed E-state index contributed by atoms with van der Waals surface area (Å²) < 4.78 is 6.90. The van der Waals surface area contributed by atoms with Gasteiger partial charge in [0.2, 0.25) is 0 Å². The van der Waals surface area contributed by atoms with Crippen LogP contribution in [-0.2, 0) is 13.6 Å². The van der Waals surface area contributed by atoms with Crippen LogP contribution in [0.2, 0.25) is 0 Å². The lowest BCUT2D eigenvalue weighted by Gasteiger charge is -2.19. The van der Waals surface area contributed by atoms with Crippen LogP contribution in [0.1, 0.15) is 22.6 Å². The number of benzene rings is 1. The Morgan fingerprint density at radius 3 is 3.00 bits per heavy atom. The molecule has 1 aliphatic heterocycles. The zero-order valence-corrected chi connectivity index (χ0v) is 13.9. The molecule has 128 valence electrons. The Morgan fingerprint density at radius 2 is 2.29 bits per heavy atom. The lowest BCUT2D eigenvalue weighted by molar-refractivity contribution is 0.0689. The van der Waals surface area contributed by atoms with E-state index in [0.29, 0.717) is 12.6 Å². The SMILES string of the molecule is COc1cccc(N2CCC(NCc3cc(C(=O)O)nn3C)C2)c1. The standard InChI is InChI=1S/C17H22N4O3/c1-20-14(9-16(19-20)17(22)23)10-18-12-6-7-21(11-12)13-4-3-5-15(8-13)24-2/h3-5,8-9,12,18H,6-7,10-11H2,1-2H3,(H,22,23). The van der Waals surface area contributed by atoms with E-state index in [0.717, 1.165) is 36.6 Å². The van der Waals surface area contributed by atoms with Gasteiger partial charge in [0.05, 0.1) is 12.8 Å². The number of nitrogens with one attached hydrogen (secondary N) is 1. The molecule has 2 N–H and O–H groups in total. The third kappa shape index (κ3) is 3.51. The van der Waals surface area contributed by atoms with Crippen molar-refractivity contribution in [3.05, 3.63) is 41.7 Å². The van der Waals surface area contributed by atoms with E-state index in [-0.39, 0.29) is 5.69 Å². The number of carboxylic acids is 1. The smallest absolute Gasteiger partial charge is 0.356 e. The van der Waals surface area contributed by atoms with Crippen molar-refractivity contribution in [2.24, 2.45) is 7.05 Å². The van der Waals surface area contributed by atoms with E-state index in [1.807, 2.05) is 18.2 Å². The Labute approximate surface area is 140 Å². The average Bonchev–Trinajstić information content (AvgIpc) is 3.20. The largest absolute Gasteiger partial charge is 0.497 e. The summed E-state index contributed by atoms with van der Waals surface area (Å²) in [5.41, 5.74) is 2.11. The van der Waals surface area contributed by atoms with Gasteiger partial charge in [-0.05, 0) is 24.6 Å². The van der Waals surface area contributed by atoms with Gasteiger partial charge in [-0.1, -0.05) is 6.07 Å². The van der Waals surface area contributed by atoms with Gasteiger partial charge in [-0.3, -0.25) is 4.68 Å². The topological polar surface area (TPSA) is 79.6 Å². The number of rotatable bonds is 6. The van der Waals surface area contributed by atoms with E-state index < -0.39 is 5.97 Å². The molecule has 1 fully saturated rings. The monoisotopic (exact) mass is 330 g/mol. The minimum atomic E-state index is -0.998. The van der Waals surface area contributed by atoms with Crippen molar-refractivity contribution in [1.82, 2.24) is 15.1 Å². The van der Waals surface area contributed by atoms with Gasteiger partial charge < -0.3 is 20.1 Å². The van der Waals surface area contributed by atoms with Crippen LogP contribution in [0.25, 0.3) is 0 Å². The van der Waals surface area contributed by atoms with Gasteiger partial charge in [-0.15, -0.1) is 0 Å². The molecule has 0 bridgehead atoms. The van der Waals surface area contributed by atoms with Gasteiger partial charge >= 0.3 is 5.97 Å². The molecule has 1 unspecified atom stereocenters. The third-order valence-corrected chi connectivity index (χ3v) is 4.37. The van der Waals surface area contributed by atoms with Crippen molar-refractivity contribution < 1.29 is 14.6 Å². The first-order valence-corrected chi connectivity index (χ1v) is 7.95. The molecular weight excluding hydrogens is 308 g/mol. The maximum atomic E-state index is 11.0. The second-order valence-corrected chi connectivity index (χ2v) is 5.96. The summed E-state index contributed by atoms with van der Waals surface area (Å²) in [6.07, 6.45) is 1.04. The number of anilines is 1. The van der Waals surface area contributed by atoms with Crippen LogP contribution in [-0.4, -0.2) is 47.1 Å². The van der Waals surface area contributed by atoms with E-state index in [9.17, 15) is 4.79 Å². The van der Waals surface area contributed by atoms with Crippen LogP contribution in [0, 0.1) is 0 Å². The molecule has 1 aliphatic rings. The normalized spacial score (nSPS) is 17.2. The van der Waals surface area contributed by atoms with Crippen LogP contribution in [0.3, 0.4) is 0 Å². The molecule has 1 aromatic heterocycles. The Balaban J connectivity index is 1.57. The maximum Gasteiger partial charge on any atom is 0.356 e. The number of hydrogen-bond acceptors (Lipinski definition) is 5. The lowest BCUT2D eigenvalue weighted by Crippen LogP contribution is -2.32. The molecule has 7 nitrogen and oxygen atoms in total. The highest BCUT2D eigenvalue weighted by Gasteiger charge is 2.23. The van der Waals surface area contributed by atoms with Gasteiger partial charge in [-0.2, -0.15) is 5.10 Å². The first-order chi connectivity index (χ1) is 11.6. The molecule has 24 heavy (non-hydrogen) atoms. The van der Waals surface area contributed by atoms with E-state index in [1.54, 1.807) is 24.9 Å². The highest BCUT2D eigenvalue weighted by molar-refractivity contribution is 5.85. The molecule has 1 saturated heterocycles. The molecule has 0 saturated carbocycles. The minimum Gasteiger partial charge on any atom is -0.497 e. The Hall–Kier alpha value is -2.54. The van der Waals surface area contributed by atoms with Crippen LogP contribution in [0.15, 0.2) is 30.3 Å². The van der Waals surface area contributed by atoms with Crippen LogP contribution >= 0.6 is 0 Å². The van der Waals surface area contributed by atoms with Crippen molar-refractivity contribution in [3.63, 3.8) is 0 Å². The van der Waals surface area contributed by atoms with Crippen molar-refractivity contribution in [3.8, 4) is 5.75 Å². The average molecular weight is 330 g/mol. The second-order valence-electron chi connectivity index (χ2n) is 5.96. The van der Waals surface area contributed by atoms with Crippen LogP contribution < -0.4 is 15.0 Å². The number of aryl methyl sites for hydroxylation is 1. The number of hydrogen-bond donors (Lipinski definition) is 2. The molecule has 2 heterocycles. The zero-order valence-electron chi connectivity index (χ0n) is 13.9. The molecule has 1 aromatic carbocycles. The molecule has 7 heteroatoms. The molecule has 0 spiro atoms. The summed E-state index contributed by atoms with van der Waals surface area (Å²) in [6, 6.07) is 10.0. The predicted octanol–water partition coefficient (Wildman–Crippen LogP) is 1.50. The highest BCUT2D eigenvalue weighted by atomic mass is 16.5. The number of aromatic carboxylic acids is 1. The second kappa shape index (κ2) is 6.92. The van der Waals surface area contributed by atoms with E-state index in [4.69, 9.17) is 9.84 Å². The number of ether oxygens (including phenoxy) is 1.